The van der Waals surface area contributed by atoms with Gasteiger partial charge in [-0.05, 0) is 19.1 Å². The van der Waals surface area contributed by atoms with Gasteiger partial charge in [-0.1, -0.05) is 0 Å². The number of primary sulfonamides is 1. The Morgan fingerprint density at radius 3 is 2.54 bits per heavy atom. The fourth-order valence-electron chi connectivity index (χ4n) is 0.822. The van der Waals surface area contributed by atoms with Crippen LogP contribution in [0.4, 0.5) is 0 Å². The van der Waals surface area contributed by atoms with E-state index < -0.39 is 10.0 Å². The lowest BCUT2D eigenvalue weighted by molar-refractivity contribution is 0.122. The number of thiophene rings is 1. The number of hydrogen-bond donors (Lipinski definition) is 1. The second-order valence-electron chi connectivity index (χ2n) is 2.58. The summed E-state index contributed by atoms with van der Waals surface area (Å²) >= 11 is 1.13. The van der Waals surface area contributed by atoms with Crippen LogP contribution in [0.1, 0.15) is 17.9 Å². The maximum atomic E-state index is 10.9. The Morgan fingerprint density at radius 2 is 2.15 bits per heavy atom. The minimum absolute atomic E-state index is 0.0968. The van der Waals surface area contributed by atoms with Crippen LogP contribution in [-0.2, 0) is 14.8 Å². The SMILES string of the molecule is COC(C)c1ccc(S(N)(=O)=O)s1. The van der Waals surface area contributed by atoms with Crippen LogP contribution in [0.3, 0.4) is 0 Å². The van der Waals surface area contributed by atoms with E-state index in [1.807, 2.05) is 6.92 Å². The fourth-order valence-corrected chi connectivity index (χ4v) is 2.60. The van der Waals surface area contributed by atoms with Crippen molar-refractivity contribution in [2.45, 2.75) is 17.2 Å². The van der Waals surface area contributed by atoms with E-state index in [0.29, 0.717) is 0 Å². The molecule has 0 bridgehead atoms. The van der Waals surface area contributed by atoms with E-state index in [4.69, 9.17) is 9.88 Å². The van der Waals surface area contributed by atoms with Crippen molar-refractivity contribution in [2.75, 3.05) is 7.11 Å². The maximum Gasteiger partial charge on any atom is 0.247 e. The fraction of sp³-hybridized carbons (Fsp3) is 0.429. The molecule has 13 heavy (non-hydrogen) atoms. The highest BCUT2D eigenvalue weighted by atomic mass is 32.2. The molecule has 0 aliphatic heterocycles. The van der Waals surface area contributed by atoms with E-state index in [2.05, 4.69) is 0 Å². The molecule has 1 aromatic heterocycles. The first-order chi connectivity index (χ1) is 5.95. The van der Waals surface area contributed by atoms with Crippen molar-refractivity contribution >= 4 is 21.4 Å². The Balaban J connectivity index is 3.00. The molecule has 1 aromatic rings. The summed E-state index contributed by atoms with van der Waals surface area (Å²) in [6.45, 7) is 1.85. The van der Waals surface area contributed by atoms with Crippen LogP contribution in [0.15, 0.2) is 16.3 Å². The lowest BCUT2D eigenvalue weighted by Crippen LogP contribution is -2.09. The summed E-state index contributed by atoms with van der Waals surface area (Å²) in [4.78, 5) is 0.853. The first-order valence-electron chi connectivity index (χ1n) is 3.60. The summed E-state index contributed by atoms with van der Waals surface area (Å²) in [6.07, 6.45) is -0.0968. The van der Waals surface area contributed by atoms with Gasteiger partial charge in [0.2, 0.25) is 10.0 Å². The predicted molar refractivity (Wildman–Crippen MR) is 51.1 cm³/mol. The van der Waals surface area contributed by atoms with Gasteiger partial charge < -0.3 is 4.74 Å². The molecule has 1 unspecified atom stereocenters. The van der Waals surface area contributed by atoms with Crippen LogP contribution in [0.5, 0.6) is 0 Å². The van der Waals surface area contributed by atoms with Crippen LogP contribution in [-0.4, -0.2) is 15.5 Å². The monoisotopic (exact) mass is 221 g/mol. The number of ether oxygens (including phenoxy) is 1. The van der Waals surface area contributed by atoms with Gasteiger partial charge in [0.1, 0.15) is 4.21 Å². The van der Waals surface area contributed by atoms with Gasteiger partial charge in [-0.25, -0.2) is 13.6 Å². The summed E-state index contributed by atoms with van der Waals surface area (Å²) in [6, 6.07) is 3.20. The van der Waals surface area contributed by atoms with E-state index in [1.54, 1.807) is 13.2 Å². The molecule has 74 valence electrons. The second kappa shape index (κ2) is 3.75. The Hall–Kier alpha value is -0.430. The summed E-state index contributed by atoms with van der Waals surface area (Å²) in [5.41, 5.74) is 0. The van der Waals surface area contributed by atoms with E-state index in [-0.39, 0.29) is 10.3 Å². The molecule has 0 fully saturated rings. The summed E-state index contributed by atoms with van der Waals surface area (Å²) < 4.78 is 27.0. The number of nitrogens with two attached hydrogens (primary N) is 1. The van der Waals surface area contributed by atoms with Crippen molar-refractivity contribution in [1.82, 2.24) is 0 Å². The first-order valence-corrected chi connectivity index (χ1v) is 5.96. The Kier molecular flexibility index (Phi) is 3.07. The normalized spacial score (nSPS) is 14.4. The highest BCUT2D eigenvalue weighted by Gasteiger charge is 2.13. The maximum absolute atomic E-state index is 10.9. The third-order valence-corrected chi connectivity index (χ3v) is 4.32. The van der Waals surface area contributed by atoms with Crippen LogP contribution in [0.2, 0.25) is 0 Å². The molecule has 1 heterocycles. The molecule has 0 saturated carbocycles. The van der Waals surface area contributed by atoms with E-state index >= 15 is 0 Å². The average Bonchev–Trinajstić information content (AvgIpc) is 2.50. The van der Waals surface area contributed by atoms with Crippen molar-refractivity contribution < 1.29 is 13.2 Å². The Labute approximate surface area is 81.4 Å². The molecule has 0 aromatic carbocycles. The number of rotatable bonds is 3. The third-order valence-electron chi connectivity index (χ3n) is 1.64. The topological polar surface area (TPSA) is 69.4 Å². The van der Waals surface area contributed by atoms with Crippen molar-refractivity contribution in [3.8, 4) is 0 Å². The Morgan fingerprint density at radius 1 is 1.54 bits per heavy atom. The minimum Gasteiger partial charge on any atom is -0.376 e. The molecule has 0 amide bonds. The number of hydrogen-bond acceptors (Lipinski definition) is 4. The average molecular weight is 221 g/mol. The molecule has 0 radical (unpaired) electrons. The van der Waals surface area contributed by atoms with Gasteiger partial charge in [-0.15, -0.1) is 11.3 Å². The van der Waals surface area contributed by atoms with Crippen molar-refractivity contribution in [1.29, 1.82) is 0 Å². The molecule has 0 spiro atoms. The van der Waals surface area contributed by atoms with E-state index in [0.717, 1.165) is 16.2 Å². The van der Waals surface area contributed by atoms with E-state index in [9.17, 15) is 8.42 Å². The molecular weight excluding hydrogens is 210 g/mol. The smallest absolute Gasteiger partial charge is 0.247 e. The minimum atomic E-state index is -3.56. The zero-order valence-corrected chi connectivity index (χ0v) is 8.98. The number of methoxy groups -OCH3 is 1. The zero-order chi connectivity index (χ0) is 10.1. The van der Waals surface area contributed by atoms with Gasteiger partial charge in [-0.2, -0.15) is 0 Å². The molecule has 1 atom stereocenters. The molecule has 0 aliphatic rings. The predicted octanol–water partition coefficient (Wildman–Crippen LogP) is 1.10. The highest BCUT2D eigenvalue weighted by molar-refractivity contribution is 7.91. The van der Waals surface area contributed by atoms with Crippen LogP contribution in [0, 0.1) is 0 Å². The van der Waals surface area contributed by atoms with Gasteiger partial charge in [-0.3, -0.25) is 0 Å². The highest BCUT2D eigenvalue weighted by Crippen LogP contribution is 2.27. The van der Waals surface area contributed by atoms with Gasteiger partial charge in [0.25, 0.3) is 0 Å². The second-order valence-corrected chi connectivity index (χ2v) is 5.48. The van der Waals surface area contributed by atoms with Crippen LogP contribution < -0.4 is 5.14 Å². The van der Waals surface area contributed by atoms with Gasteiger partial charge in [0.15, 0.2) is 0 Å². The Bertz CT molecular complexity index is 382. The van der Waals surface area contributed by atoms with Gasteiger partial charge in [0.05, 0.1) is 6.10 Å². The van der Waals surface area contributed by atoms with Crippen molar-refractivity contribution in [2.24, 2.45) is 5.14 Å². The summed E-state index contributed by atoms with van der Waals surface area (Å²) in [5.74, 6) is 0. The summed E-state index contributed by atoms with van der Waals surface area (Å²) in [5, 5.41) is 4.95. The van der Waals surface area contributed by atoms with Crippen LogP contribution in [0.25, 0.3) is 0 Å². The molecule has 2 N–H and O–H groups in total. The summed E-state index contributed by atoms with van der Waals surface area (Å²) in [7, 11) is -1.99. The lowest BCUT2D eigenvalue weighted by Gasteiger charge is -2.04. The molecular formula is C7H11NO3S2. The lowest BCUT2D eigenvalue weighted by atomic mass is 10.3. The molecule has 0 saturated heterocycles. The zero-order valence-electron chi connectivity index (χ0n) is 7.35. The quantitative estimate of drug-likeness (QED) is 0.831. The van der Waals surface area contributed by atoms with Crippen molar-refractivity contribution in [3.63, 3.8) is 0 Å². The standard InChI is InChI=1S/C7H11NO3S2/c1-5(11-2)6-3-4-7(12-6)13(8,9)10/h3-5H,1-2H3,(H2,8,9,10). The van der Waals surface area contributed by atoms with Crippen molar-refractivity contribution in [3.05, 3.63) is 17.0 Å². The third kappa shape index (κ3) is 2.50. The molecule has 6 heteroatoms. The molecule has 1 rings (SSSR count). The first kappa shape index (κ1) is 10.6. The van der Waals surface area contributed by atoms with Crippen LogP contribution >= 0.6 is 11.3 Å². The van der Waals surface area contributed by atoms with E-state index in [1.165, 1.54) is 6.07 Å². The molecule has 0 aliphatic carbocycles. The molecule has 4 nitrogen and oxygen atoms in total. The largest absolute Gasteiger partial charge is 0.376 e. The van der Waals surface area contributed by atoms with Gasteiger partial charge >= 0.3 is 0 Å². The van der Waals surface area contributed by atoms with Gasteiger partial charge in [0, 0.05) is 12.0 Å². The number of sulfonamides is 1.